The molecule has 6 nitrogen and oxygen atoms in total. The summed E-state index contributed by atoms with van der Waals surface area (Å²) < 4.78 is 15.3. The van der Waals surface area contributed by atoms with Crippen molar-refractivity contribution < 1.29 is 9.47 Å². The second kappa shape index (κ2) is 6.73. The molecule has 152 valence electrons. The summed E-state index contributed by atoms with van der Waals surface area (Å²) in [6.07, 6.45) is 8.70. The fourth-order valence-corrected chi connectivity index (χ4v) is 5.00. The van der Waals surface area contributed by atoms with Crippen LogP contribution in [0.25, 0.3) is 5.52 Å². The number of rotatable bonds is 4. The SMILES string of the molecule is COc1ccc(Cn2c(C)cn3c(C4(C)CCC5CCC4O5)ncc3c2=O)cc1. The van der Waals surface area contributed by atoms with Crippen LogP contribution < -0.4 is 10.3 Å². The van der Waals surface area contributed by atoms with E-state index in [0.717, 1.165) is 48.5 Å². The average Bonchev–Trinajstić information content (AvgIpc) is 3.34. The van der Waals surface area contributed by atoms with E-state index in [-0.39, 0.29) is 17.1 Å². The molecule has 0 amide bonds. The molecule has 0 saturated carbocycles. The summed E-state index contributed by atoms with van der Waals surface area (Å²) in [4.78, 5) is 18.0. The Kier molecular flexibility index (Phi) is 4.28. The molecule has 3 aromatic rings. The zero-order valence-electron chi connectivity index (χ0n) is 17.2. The van der Waals surface area contributed by atoms with Crippen LogP contribution in [0.15, 0.2) is 41.5 Å². The number of imidazole rings is 1. The fourth-order valence-electron chi connectivity index (χ4n) is 5.00. The number of hydrogen-bond donors (Lipinski definition) is 0. The maximum atomic E-state index is 13.3. The largest absolute Gasteiger partial charge is 0.497 e. The quantitative estimate of drug-likeness (QED) is 0.681. The molecule has 2 bridgehead atoms. The van der Waals surface area contributed by atoms with Crippen LogP contribution in [-0.2, 0) is 16.7 Å². The standard InChI is InChI=1S/C23H27N3O3/c1-15-13-26-19(21(27)25(15)14-16-4-6-17(28-3)7-5-16)12-24-22(26)23(2)11-10-18-8-9-20(23)29-18/h4-7,12-13,18,20H,8-11,14H2,1-3H3. The highest BCUT2D eigenvalue weighted by Crippen LogP contribution is 2.45. The van der Waals surface area contributed by atoms with E-state index >= 15 is 0 Å². The van der Waals surface area contributed by atoms with E-state index in [4.69, 9.17) is 14.5 Å². The van der Waals surface area contributed by atoms with Crippen LogP contribution in [0.3, 0.4) is 0 Å². The average molecular weight is 393 g/mol. The van der Waals surface area contributed by atoms with Gasteiger partial charge in [0.2, 0.25) is 0 Å². The Morgan fingerprint density at radius 2 is 2.03 bits per heavy atom. The van der Waals surface area contributed by atoms with Crippen molar-refractivity contribution in [2.24, 2.45) is 0 Å². The summed E-state index contributed by atoms with van der Waals surface area (Å²) in [5.74, 6) is 1.76. The lowest BCUT2D eigenvalue weighted by molar-refractivity contribution is -0.0461. The van der Waals surface area contributed by atoms with E-state index in [9.17, 15) is 4.79 Å². The lowest BCUT2D eigenvalue weighted by atomic mass is 9.78. The van der Waals surface area contributed by atoms with Crippen molar-refractivity contribution in [1.82, 2.24) is 14.0 Å². The van der Waals surface area contributed by atoms with Crippen molar-refractivity contribution in [2.45, 2.75) is 63.7 Å². The lowest BCUT2D eigenvalue weighted by Crippen LogP contribution is -2.42. The van der Waals surface area contributed by atoms with Crippen LogP contribution in [0.1, 0.15) is 49.7 Å². The summed E-state index contributed by atoms with van der Waals surface area (Å²) in [7, 11) is 1.65. The molecule has 2 fully saturated rings. The molecule has 6 heteroatoms. The lowest BCUT2D eigenvalue weighted by Gasteiger charge is -2.38. The molecule has 5 rings (SSSR count). The first-order chi connectivity index (χ1) is 14.0. The number of hydrogen-bond acceptors (Lipinski definition) is 4. The van der Waals surface area contributed by atoms with Crippen LogP contribution in [0.5, 0.6) is 5.75 Å². The van der Waals surface area contributed by atoms with Gasteiger partial charge in [0.05, 0.1) is 37.5 Å². The van der Waals surface area contributed by atoms with Gasteiger partial charge >= 0.3 is 0 Å². The predicted molar refractivity (Wildman–Crippen MR) is 111 cm³/mol. The maximum Gasteiger partial charge on any atom is 0.276 e. The second-order valence-corrected chi connectivity index (χ2v) is 8.63. The molecule has 2 saturated heterocycles. The second-order valence-electron chi connectivity index (χ2n) is 8.63. The van der Waals surface area contributed by atoms with Gasteiger partial charge in [0.25, 0.3) is 5.56 Å². The van der Waals surface area contributed by atoms with E-state index in [1.807, 2.05) is 40.2 Å². The molecule has 2 aliphatic heterocycles. The van der Waals surface area contributed by atoms with Crippen molar-refractivity contribution >= 4 is 5.52 Å². The van der Waals surface area contributed by atoms with Crippen LogP contribution in [-0.4, -0.2) is 33.3 Å². The van der Waals surface area contributed by atoms with Gasteiger partial charge in [0.15, 0.2) is 0 Å². The number of aryl methyl sites for hydroxylation is 1. The molecule has 3 atom stereocenters. The van der Waals surface area contributed by atoms with Crippen molar-refractivity contribution in [3.8, 4) is 5.75 Å². The fraction of sp³-hybridized carbons (Fsp3) is 0.478. The highest BCUT2D eigenvalue weighted by molar-refractivity contribution is 5.46. The van der Waals surface area contributed by atoms with Crippen LogP contribution in [0.4, 0.5) is 0 Å². The third-order valence-corrected chi connectivity index (χ3v) is 6.82. The summed E-state index contributed by atoms with van der Waals surface area (Å²) in [6, 6.07) is 7.83. The molecule has 1 aromatic carbocycles. The van der Waals surface area contributed by atoms with Gasteiger partial charge in [-0.15, -0.1) is 0 Å². The highest BCUT2D eigenvalue weighted by Gasteiger charge is 2.48. The van der Waals surface area contributed by atoms with Crippen molar-refractivity contribution in [2.75, 3.05) is 7.11 Å². The third-order valence-electron chi connectivity index (χ3n) is 6.82. The van der Waals surface area contributed by atoms with Gasteiger partial charge in [-0.2, -0.15) is 0 Å². The number of fused-ring (bicyclic) bond motifs is 3. The Balaban J connectivity index is 1.55. The van der Waals surface area contributed by atoms with Gasteiger partial charge in [-0.05, 0) is 57.2 Å². The Morgan fingerprint density at radius 1 is 1.24 bits per heavy atom. The minimum absolute atomic E-state index is 0.0100. The van der Waals surface area contributed by atoms with Gasteiger partial charge < -0.3 is 14.0 Å². The van der Waals surface area contributed by atoms with E-state index in [1.165, 1.54) is 0 Å². The maximum absolute atomic E-state index is 13.3. The molecule has 29 heavy (non-hydrogen) atoms. The highest BCUT2D eigenvalue weighted by atomic mass is 16.5. The smallest absolute Gasteiger partial charge is 0.276 e. The monoisotopic (exact) mass is 393 g/mol. The van der Waals surface area contributed by atoms with Crippen molar-refractivity contribution in [3.63, 3.8) is 0 Å². The molecule has 2 aromatic heterocycles. The first-order valence-corrected chi connectivity index (χ1v) is 10.4. The van der Waals surface area contributed by atoms with Gasteiger partial charge in [-0.1, -0.05) is 12.1 Å². The minimum Gasteiger partial charge on any atom is -0.497 e. The van der Waals surface area contributed by atoms with Crippen molar-refractivity contribution in [3.05, 3.63) is 64.1 Å². The van der Waals surface area contributed by atoms with Crippen LogP contribution in [0, 0.1) is 6.92 Å². The summed E-state index contributed by atoms with van der Waals surface area (Å²) in [5, 5.41) is 0. The van der Waals surface area contributed by atoms with Gasteiger partial charge in [0.1, 0.15) is 17.1 Å². The van der Waals surface area contributed by atoms with Gasteiger partial charge in [-0.25, -0.2) is 4.98 Å². The number of nitrogens with zero attached hydrogens (tertiary/aromatic N) is 3. The van der Waals surface area contributed by atoms with E-state index in [0.29, 0.717) is 18.2 Å². The topological polar surface area (TPSA) is 57.8 Å². The molecule has 4 heterocycles. The van der Waals surface area contributed by atoms with E-state index < -0.39 is 0 Å². The molecule has 0 N–H and O–H groups in total. The molecule has 0 aliphatic carbocycles. The summed E-state index contributed by atoms with van der Waals surface area (Å²) in [5.41, 5.74) is 2.44. The number of benzene rings is 1. The Bertz CT molecular complexity index is 1110. The van der Waals surface area contributed by atoms with Crippen LogP contribution in [0.2, 0.25) is 0 Å². The van der Waals surface area contributed by atoms with Gasteiger partial charge in [-0.3, -0.25) is 9.20 Å². The van der Waals surface area contributed by atoms with E-state index in [2.05, 4.69) is 13.1 Å². The van der Waals surface area contributed by atoms with Crippen molar-refractivity contribution in [1.29, 1.82) is 0 Å². The Labute approximate surface area is 170 Å². The zero-order chi connectivity index (χ0) is 20.2. The Morgan fingerprint density at radius 3 is 2.79 bits per heavy atom. The minimum atomic E-state index is -0.152. The Hall–Kier alpha value is -2.60. The van der Waals surface area contributed by atoms with Gasteiger partial charge in [0, 0.05) is 11.9 Å². The summed E-state index contributed by atoms with van der Waals surface area (Å²) in [6.45, 7) is 4.75. The third kappa shape index (κ3) is 2.89. The molecule has 0 radical (unpaired) electrons. The first-order valence-electron chi connectivity index (χ1n) is 10.4. The molecule has 2 aliphatic rings. The molecule has 0 spiro atoms. The van der Waals surface area contributed by atoms with E-state index in [1.54, 1.807) is 13.3 Å². The molecular formula is C23H27N3O3. The normalized spacial score (nSPS) is 26.2. The van der Waals surface area contributed by atoms with Crippen LogP contribution >= 0.6 is 0 Å². The number of methoxy groups -OCH3 is 1. The number of ether oxygens (including phenoxy) is 2. The molecular weight excluding hydrogens is 366 g/mol. The number of aromatic nitrogens is 3. The summed E-state index contributed by atoms with van der Waals surface area (Å²) >= 11 is 0. The molecule has 3 unspecified atom stereocenters. The zero-order valence-corrected chi connectivity index (χ0v) is 17.2. The predicted octanol–water partition coefficient (Wildman–Crippen LogP) is 3.46. The first kappa shape index (κ1) is 18.4.